The van der Waals surface area contributed by atoms with Gasteiger partial charge < -0.3 is 24.4 Å². The number of cyclic esters (lactones) is 2. The van der Waals surface area contributed by atoms with Crippen LogP contribution in [-0.4, -0.2) is 66.3 Å². The van der Waals surface area contributed by atoms with Gasteiger partial charge in [-0.2, -0.15) is 4.37 Å². The van der Waals surface area contributed by atoms with Gasteiger partial charge in [-0.3, -0.25) is 4.79 Å². The number of fused-ring (bicyclic) bond motifs is 1. The topological polar surface area (TPSA) is 107 Å². The molecule has 204 valence electrons. The smallest absolute Gasteiger partial charge is 0.334 e. The second kappa shape index (κ2) is 12.5. The Morgan fingerprint density at radius 1 is 1.08 bits per heavy atom. The number of hydrogen-bond donors (Lipinski definition) is 1. The molecule has 2 aromatic carbocycles. The number of nitrogens with one attached hydrogen (secondary N) is 1. The molecule has 0 unspecified atom stereocenters. The number of Topliss-reactive ketones (excluding diaryl/α,β-unsaturated/α-hetero) is 1. The monoisotopic (exact) mass is 553 g/mol. The molecule has 5 rings (SSSR count). The number of hydrogen-bond acceptors (Lipinski definition) is 10. The van der Waals surface area contributed by atoms with Crippen molar-refractivity contribution in [1.29, 1.82) is 0 Å². The number of carbonyl (C=O) groups is 3. The molecule has 3 aromatic rings. The van der Waals surface area contributed by atoms with Crippen molar-refractivity contribution in [3.8, 4) is 0 Å². The van der Waals surface area contributed by atoms with Gasteiger partial charge in [-0.05, 0) is 86.3 Å². The Morgan fingerprint density at radius 2 is 1.79 bits per heavy atom. The van der Waals surface area contributed by atoms with Gasteiger partial charge in [0.15, 0.2) is 0 Å². The van der Waals surface area contributed by atoms with E-state index in [1.54, 1.807) is 30.3 Å². The summed E-state index contributed by atoms with van der Waals surface area (Å²) in [5.74, 6) is -2.06. The molecule has 1 N–H and O–H groups in total. The summed E-state index contributed by atoms with van der Waals surface area (Å²) in [5.41, 5.74) is 2.10. The van der Waals surface area contributed by atoms with Crippen molar-refractivity contribution in [2.24, 2.45) is 0 Å². The van der Waals surface area contributed by atoms with E-state index in [9.17, 15) is 18.8 Å². The summed E-state index contributed by atoms with van der Waals surface area (Å²) in [7, 11) is 0. The third-order valence-electron chi connectivity index (χ3n) is 6.76. The molecular formula is C28H28FN3O6S. The van der Waals surface area contributed by atoms with Crippen LogP contribution in [0.2, 0.25) is 0 Å². The van der Waals surface area contributed by atoms with Gasteiger partial charge in [0.05, 0.1) is 17.0 Å². The van der Waals surface area contributed by atoms with Crippen LogP contribution in [0.15, 0.2) is 54.6 Å². The molecule has 0 amide bonds. The van der Waals surface area contributed by atoms with Crippen LogP contribution in [0.3, 0.4) is 0 Å². The molecule has 0 saturated carbocycles. The van der Waals surface area contributed by atoms with Gasteiger partial charge >= 0.3 is 18.2 Å². The van der Waals surface area contributed by atoms with E-state index < -0.39 is 24.0 Å². The number of piperidine rings is 1. The summed E-state index contributed by atoms with van der Waals surface area (Å²) in [4.78, 5) is 37.9. The SMILES string of the molecule is O=C1C=CC(=O)OC(C(=O)c2ccc(NCOCCCN3CCC(c4nsc5cc(F)ccc45)CC3)cc2)O1. The van der Waals surface area contributed by atoms with Crippen molar-refractivity contribution in [2.75, 3.05) is 38.3 Å². The molecule has 9 nitrogen and oxygen atoms in total. The van der Waals surface area contributed by atoms with Crippen molar-refractivity contribution in [3.63, 3.8) is 0 Å². The minimum absolute atomic E-state index is 0.219. The largest absolute Gasteiger partial charge is 0.414 e. The van der Waals surface area contributed by atoms with Crippen LogP contribution in [-0.2, 0) is 23.8 Å². The van der Waals surface area contributed by atoms with Crippen LogP contribution in [0.4, 0.5) is 10.1 Å². The van der Waals surface area contributed by atoms with E-state index in [0.717, 1.165) is 72.5 Å². The molecule has 2 aliphatic heterocycles. The molecule has 0 bridgehead atoms. The second-order valence-electron chi connectivity index (χ2n) is 9.39. The molecule has 1 aromatic heterocycles. The number of likely N-dealkylation sites (tertiary alicyclic amines) is 1. The fraction of sp³-hybridized carbons (Fsp3) is 0.357. The molecule has 11 heteroatoms. The number of ether oxygens (including phenoxy) is 3. The van der Waals surface area contributed by atoms with E-state index in [2.05, 4.69) is 14.6 Å². The Hall–Kier alpha value is -3.67. The third-order valence-corrected chi connectivity index (χ3v) is 7.59. The van der Waals surface area contributed by atoms with Crippen molar-refractivity contribution >= 4 is 45.0 Å². The average molecular weight is 554 g/mol. The summed E-state index contributed by atoms with van der Waals surface area (Å²) >= 11 is 1.38. The summed E-state index contributed by atoms with van der Waals surface area (Å²) < 4.78 is 34.4. The standard InChI is InChI=1S/C28H28FN3O6S/c29-20-4-7-22-23(16-20)39-31-26(22)18-10-13-32(14-11-18)12-1-15-36-17-30-21-5-2-19(3-6-21)27(35)28-37-24(33)8-9-25(34)38-28/h2-9,16,18,28,30H,1,10-15,17H2. The van der Waals surface area contributed by atoms with Crippen LogP contribution in [0.5, 0.6) is 0 Å². The zero-order chi connectivity index (χ0) is 27.2. The number of nitrogens with zero attached hydrogens (tertiary/aromatic N) is 2. The molecule has 0 aliphatic carbocycles. The lowest BCUT2D eigenvalue weighted by Crippen LogP contribution is -2.34. The van der Waals surface area contributed by atoms with Crippen LogP contribution in [0, 0.1) is 5.82 Å². The first kappa shape index (κ1) is 26.9. The van der Waals surface area contributed by atoms with E-state index in [-0.39, 0.29) is 11.4 Å². The number of carbonyl (C=O) groups excluding carboxylic acids is 3. The maximum Gasteiger partial charge on any atom is 0.334 e. The molecular weight excluding hydrogens is 525 g/mol. The van der Waals surface area contributed by atoms with E-state index in [0.29, 0.717) is 19.3 Å². The van der Waals surface area contributed by atoms with Crippen LogP contribution < -0.4 is 5.32 Å². The highest BCUT2D eigenvalue weighted by atomic mass is 32.1. The molecule has 2 aliphatic rings. The van der Waals surface area contributed by atoms with E-state index >= 15 is 0 Å². The number of aromatic nitrogens is 1. The van der Waals surface area contributed by atoms with Crippen molar-refractivity contribution in [2.45, 2.75) is 31.5 Å². The van der Waals surface area contributed by atoms with Crippen molar-refractivity contribution in [3.05, 3.63) is 71.7 Å². The Labute approximate surface area is 228 Å². The number of halogens is 1. The summed E-state index contributed by atoms with van der Waals surface area (Å²) in [6.07, 6.45) is 3.22. The number of rotatable bonds is 10. The maximum absolute atomic E-state index is 13.5. The molecule has 1 fully saturated rings. The molecule has 0 atom stereocenters. The lowest BCUT2D eigenvalue weighted by Gasteiger charge is -2.31. The number of esters is 2. The number of anilines is 1. The molecule has 0 radical (unpaired) electrons. The predicted octanol–water partition coefficient (Wildman–Crippen LogP) is 4.26. The van der Waals surface area contributed by atoms with E-state index in [1.807, 2.05) is 6.07 Å². The molecule has 3 heterocycles. The predicted molar refractivity (Wildman–Crippen MR) is 143 cm³/mol. The first-order valence-corrected chi connectivity index (χ1v) is 13.6. The van der Waals surface area contributed by atoms with Gasteiger partial charge in [0, 0.05) is 41.3 Å². The molecule has 1 saturated heterocycles. The Morgan fingerprint density at radius 3 is 2.51 bits per heavy atom. The van der Waals surface area contributed by atoms with E-state index in [1.165, 1.54) is 17.6 Å². The fourth-order valence-corrected chi connectivity index (χ4v) is 5.58. The highest BCUT2D eigenvalue weighted by Gasteiger charge is 2.29. The normalized spacial score (nSPS) is 17.2. The number of benzene rings is 2. The first-order chi connectivity index (χ1) is 19.0. The minimum Gasteiger partial charge on any atom is -0.414 e. The average Bonchev–Trinajstić information content (AvgIpc) is 3.28. The highest BCUT2D eigenvalue weighted by molar-refractivity contribution is 7.13. The molecule has 39 heavy (non-hydrogen) atoms. The Balaban J connectivity index is 0.979. The zero-order valence-electron chi connectivity index (χ0n) is 21.1. The van der Waals surface area contributed by atoms with Gasteiger partial charge in [-0.25, -0.2) is 14.0 Å². The van der Waals surface area contributed by atoms with Gasteiger partial charge in [-0.1, -0.05) is 0 Å². The van der Waals surface area contributed by atoms with Crippen LogP contribution in [0.25, 0.3) is 10.1 Å². The van der Waals surface area contributed by atoms with E-state index in [4.69, 9.17) is 14.2 Å². The Bertz CT molecular complexity index is 1350. The van der Waals surface area contributed by atoms with Gasteiger partial charge in [0.25, 0.3) is 0 Å². The molecule has 0 spiro atoms. The fourth-order valence-electron chi connectivity index (χ4n) is 4.70. The minimum atomic E-state index is -1.61. The van der Waals surface area contributed by atoms with Gasteiger partial charge in [0.1, 0.15) is 12.5 Å². The summed E-state index contributed by atoms with van der Waals surface area (Å²) in [6.45, 7) is 3.89. The quantitative estimate of drug-likeness (QED) is 0.171. The number of ketones is 1. The lowest BCUT2D eigenvalue weighted by molar-refractivity contribution is -0.169. The van der Waals surface area contributed by atoms with Gasteiger partial charge in [0.2, 0.25) is 5.78 Å². The van der Waals surface area contributed by atoms with Gasteiger partial charge in [-0.15, -0.1) is 0 Å². The van der Waals surface area contributed by atoms with Crippen LogP contribution in [0.1, 0.15) is 41.2 Å². The zero-order valence-corrected chi connectivity index (χ0v) is 22.0. The first-order valence-electron chi connectivity index (χ1n) is 12.8. The third kappa shape index (κ3) is 6.86. The lowest BCUT2D eigenvalue weighted by atomic mass is 9.91. The van der Waals surface area contributed by atoms with Crippen molar-refractivity contribution in [1.82, 2.24) is 9.27 Å². The summed E-state index contributed by atoms with van der Waals surface area (Å²) in [5, 5.41) is 4.21. The van der Waals surface area contributed by atoms with Crippen LogP contribution >= 0.6 is 11.5 Å². The second-order valence-corrected chi connectivity index (χ2v) is 10.2. The highest BCUT2D eigenvalue weighted by Crippen LogP contribution is 2.34. The van der Waals surface area contributed by atoms with Crippen molar-refractivity contribution < 1.29 is 33.0 Å². The maximum atomic E-state index is 13.5. The summed E-state index contributed by atoms with van der Waals surface area (Å²) in [6, 6.07) is 11.4. The Kier molecular flexibility index (Phi) is 8.60.